The molecule has 212 valence electrons. The van der Waals surface area contributed by atoms with Gasteiger partial charge in [0, 0.05) is 29.7 Å². The van der Waals surface area contributed by atoms with Crippen LogP contribution in [-0.4, -0.2) is 48.7 Å². The van der Waals surface area contributed by atoms with Crippen molar-refractivity contribution in [1.29, 1.82) is 0 Å². The lowest BCUT2D eigenvalue weighted by atomic mass is 10.1. The molecule has 0 aliphatic rings. The molecule has 0 aromatic heterocycles. The molecule has 2 atom stereocenters. The van der Waals surface area contributed by atoms with Crippen molar-refractivity contribution < 1.29 is 22.9 Å². The highest BCUT2D eigenvalue weighted by atomic mass is 35.5. The Morgan fingerprint density at radius 3 is 2.12 bits per heavy atom. The van der Waals surface area contributed by atoms with Crippen LogP contribution in [-0.2, 0) is 26.2 Å². The number of amides is 2. The molecular weight excluding hydrogens is 556 g/mol. The van der Waals surface area contributed by atoms with E-state index in [-0.39, 0.29) is 34.8 Å². The maximum absolute atomic E-state index is 13.9. The summed E-state index contributed by atoms with van der Waals surface area (Å²) in [7, 11) is -4.27. The van der Waals surface area contributed by atoms with Crippen LogP contribution in [0.25, 0.3) is 0 Å². The molecule has 0 heterocycles. The highest BCUT2D eigenvalue weighted by molar-refractivity contribution is 7.92. The van der Waals surface area contributed by atoms with Crippen molar-refractivity contribution in [3.8, 4) is 0 Å². The van der Waals surface area contributed by atoms with Crippen LogP contribution in [0, 0.1) is 10.1 Å². The number of nitro benzene ring substituents is 1. The Hall–Kier alpha value is -3.96. The quantitative estimate of drug-likeness (QED) is 0.240. The highest BCUT2D eigenvalue weighted by Crippen LogP contribution is 2.26. The third kappa shape index (κ3) is 7.57. The number of carbonyl (C=O) groups excluding carboxylic acids is 2. The maximum Gasteiger partial charge on any atom is 0.269 e. The molecular formula is C28H31ClN4O6S. The van der Waals surface area contributed by atoms with E-state index < -0.39 is 33.4 Å². The average molecular weight is 587 g/mol. The Bertz CT molecular complexity index is 1430. The van der Waals surface area contributed by atoms with Gasteiger partial charge in [0.1, 0.15) is 12.6 Å². The predicted molar refractivity (Wildman–Crippen MR) is 153 cm³/mol. The van der Waals surface area contributed by atoms with Gasteiger partial charge in [-0.2, -0.15) is 0 Å². The van der Waals surface area contributed by atoms with E-state index in [1.807, 2.05) is 13.8 Å². The van der Waals surface area contributed by atoms with Crippen LogP contribution in [0.3, 0.4) is 0 Å². The lowest BCUT2D eigenvalue weighted by Gasteiger charge is -2.32. The number of anilines is 1. The summed E-state index contributed by atoms with van der Waals surface area (Å²) >= 11 is 6.01. The Morgan fingerprint density at radius 1 is 0.975 bits per heavy atom. The Kier molecular flexibility index (Phi) is 10.2. The van der Waals surface area contributed by atoms with Crippen LogP contribution in [0.15, 0.2) is 83.8 Å². The first-order valence-corrected chi connectivity index (χ1v) is 14.4. The first-order valence-electron chi connectivity index (χ1n) is 12.6. The Labute approximate surface area is 238 Å². The van der Waals surface area contributed by atoms with Crippen LogP contribution < -0.4 is 9.62 Å². The number of nitrogens with one attached hydrogen (secondary N) is 1. The zero-order valence-corrected chi connectivity index (χ0v) is 23.9. The lowest BCUT2D eigenvalue weighted by molar-refractivity contribution is -0.384. The molecule has 0 saturated carbocycles. The van der Waals surface area contributed by atoms with Crippen molar-refractivity contribution in [3.05, 3.63) is 99.6 Å². The number of halogens is 1. The van der Waals surface area contributed by atoms with Gasteiger partial charge in [0.25, 0.3) is 15.7 Å². The van der Waals surface area contributed by atoms with E-state index in [1.54, 1.807) is 49.4 Å². The molecule has 0 aliphatic carbocycles. The summed E-state index contributed by atoms with van der Waals surface area (Å²) in [6, 6.07) is 18.1. The summed E-state index contributed by atoms with van der Waals surface area (Å²) in [5.41, 5.74) is 0.520. The van der Waals surface area contributed by atoms with Gasteiger partial charge in [0.2, 0.25) is 11.8 Å². The van der Waals surface area contributed by atoms with E-state index in [0.717, 1.165) is 4.31 Å². The minimum Gasteiger partial charge on any atom is -0.352 e. The van der Waals surface area contributed by atoms with E-state index in [9.17, 15) is 28.1 Å². The fraction of sp³-hybridized carbons (Fsp3) is 0.286. The first-order chi connectivity index (χ1) is 18.9. The third-order valence-corrected chi connectivity index (χ3v) is 8.43. The van der Waals surface area contributed by atoms with Crippen LogP contribution in [0.1, 0.15) is 32.8 Å². The molecule has 3 rings (SSSR count). The zero-order valence-electron chi connectivity index (χ0n) is 22.4. The van der Waals surface area contributed by atoms with Gasteiger partial charge in [-0.1, -0.05) is 48.9 Å². The van der Waals surface area contributed by atoms with Crippen molar-refractivity contribution >= 4 is 44.8 Å². The van der Waals surface area contributed by atoms with Crippen LogP contribution >= 0.6 is 11.6 Å². The molecule has 0 spiro atoms. The summed E-state index contributed by atoms with van der Waals surface area (Å²) < 4.78 is 28.3. The van der Waals surface area contributed by atoms with Gasteiger partial charge in [-0.25, -0.2) is 8.42 Å². The molecule has 0 aliphatic heterocycles. The van der Waals surface area contributed by atoms with Crippen LogP contribution in [0.2, 0.25) is 5.02 Å². The highest BCUT2D eigenvalue weighted by Gasteiger charge is 2.33. The zero-order chi connectivity index (χ0) is 29.4. The van der Waals surface area contributed by atoms with Gasteiger partial charge in [0.05, 0.1) is 15.5 Å². The van der Waals surface area contributed by atoms with Gasteiger partial charge in [-0.05, 0) is 62.2 Å². The molecule has 12 heteroatoms. The summed E-state index contributed by atoms with van der Waals surface area (Å²) in [6.45, 7) is 4.71. The van der Waals surface area contributed by atoms with Crippen molar-refractivity contribution in [1.82, 2.24) is 10.2 Å². The van der Waals surface area contributed by atoms with E-state index in [0.29, 0.717) is 17.0 Å². The molecule has 2 amide bonds. The molecule has 3 aromatic carbocycles. The fourth-order valence-corrected chi connectivity index (χ4v) is 5.38. The number of hydrogen-bond acceptors (Lipinski definition) is 6. The normalized spacial score (nSPS) is 12.7. The Morgan fingerprint density at radius 2 is 1.57 bits per heavy atom. The molecule has 0 saturated heterocycles. The molecule has 0 unspecified atom stereocenters. The maximum atomic E-state index is 13.9. The number of carbonyl (C=O) groups is 2. The number of rotatable bonds is 12. The van der Waals surface area contributed by atoms with Crippen LogP contribution in [0.5, 0.6) is 0 Å². The minimum atomic E-state index is -4.27. The molecule has 0 fully saturated rings. The number of hydrogen-bond donors (Lipinski definition) is 1. The minimum absolute atomic E-state index is 0.0184. The standard InChI is InChI=1S/C28H31ClN4O6S/c1-4-20(2)30-28(35)21(3)31(18-22-10-12-23(29)13-11-22)27(34)19-32(24-14-16-25(17-15-24)33(36)37)40(38,39)26-8-6-5-7-9-26/h5-17,20-21H,4,18-19H2,1-3H3,(H,30,35)/t20-,21-/m1/s1. The molecule has 1 N–H and O–H groups in total. The second-order valence-electron chi connectivity index (χ2n) is 9.24. The molecule has 10 nitrogen and oxygen atoms in total. The summed E-state index contributed by atoms with van der Waals surface area (Å²) in [5, 5.41) is 14.5. The monoisotopic (exact) mass is 586 g/mol. The van der Waals surface area contributed by atoms with Crippen molar-refractivity contribution in [2.45, 2.75) is 50.7 Å². The number of nitrogens with zero attached hydrogens (tertiary/aromatic N) is 3. The SMILES string of the molecule is CC[C@@H](C)NC(=O)[C@@H](C)N(Cc1ccc(Cl)cc1)C(=O)CN(c1ccc([N+](=O)[O-])cc1)S(=O)(=O)c1ccccc1. The third-order valence-electron chi connectivity index (χ3n) is 6.39. The number of sulfonamides is 1. The second-order valence-corrected chi connectivity index (χ2v) is 11.5. The van der Waals surface area contributed by atoms with Crippen molar-refractivity contribution in [2.24, 2.45) is 0 Å². The number of benzene rings is 3. The predicted octanol–water partition coefficient (Wildman–Crippen LogP) is 4.78. The summed E-state index contributed by atoms with van der Waals surface area (Å²) in [6.07, 6.45) is 0.687. The van der Waals surface area contributed by atoms with E-state index in [2.05, 4.69) is 5.32 Å². The number of nitro groups is 1. The van der Waals surface area contributed by atoms with E-state index >= 15 is 0 Å². The van der Waals surface area contributed by atoms with E-state index in [4.69, 9.17) is 11.6 Å². The van der Waals surface area contributed by atoms with Gasteiger partial charge < -0.3 is 10.2 Å². The average Bonchev–Trinajstić information content (AvgIpc) is 2.95. The van der Waals surface area contributed by atoms with Gasteiger partial charge >= 0.3 is 0 Å². The lowest BCUT2D eigenvalue weighted by Crippen LogP contribution is -2.52. The largest absolute Gasteiger partial charge is 0.352 e. The molecule has 3 aromatic rings. The smallest absolute Gasteiger partial charge is 0.269 e. The van der Waals surface area contributed by atoms with Gasteiger partial charge in [-0.3, -0.25) is 24.0 Å². The summed E-state index contributed by atoms with van der Waals surface area (Å²) in [4.78, 5) is 38.7. The molecule has 0 radical (unpaired) electrons. The van der Waals surface area contributed by atoms with Gasteiger partial charge in [-0.15, -0.1) is 0 Å². The van der Waals surface area contributed by atoms with Crippen molar-refractivity contribution in [3.63, 3.8) is 0 Å². The molecule has 40 heavy (non-hydrogen) atoms. The Balaban J connectivity index is 2.02. The van der Waals surface area contributed by atoms with Crippen LogP contribution in [0.4, 0.5) is 11.4 Å². The topological polar surface area (TPSA) is 130 Å². The van der Waals surface area contributed by atoms with Crippen molar-refractivity contribution in [2.75, 3.05) is 10.8 Å². The van der Waals surface area contributed by atoms with Gasteiger partial charge in [0.15, 0.2) is 0 Å². The number of non-ortho nitro benzene ring substituents is 1. The molecule has 0 bridgehead atoms. The second kappa shape index (κ2) is 13.4. The fourth-order valence-electron chi connectivity index (χ4n) is 3.82. The summed E-state index contributed by atoms with van der Waals surface area (Å²) in [5.74, 6) is -1.02. The first kappa shape index (κ1) is 30.6. The van der Waals surface area contributed by atoms with E-state index in [1.165, 1.54) is 41.3 Å².